The van der Waals surface area contributed by atoms with Crippen molar-refractivity contribution in [3.05, 3.63) is 17.9 Å². The lowest BCUT2D eigenvalue weighted by Crippen LogP contribution is -2.16. The zero-order valence-corrected chi connectivity index (χ0v) is 11.3. The third kappa shape index (κ3) is 3.58. The van der Waals surface area contributed by atoms with Crippen LogP contribution in [0.15, 0.2) is 17.0 Å². The van der Waals surface area contributed by atoms with Crippen LogP contribution in [0.4, 0.5) is 4.39 Å². The Hall–Kier alpha value is -1.34. The highest BCUT2D eigenvalue weighted by Crippen LogP contribution is 2.32. The summed E-state index contributed by atoms with van der Waals surface area (Å²) in [6.07, 6.45) is 0.937. The highest BCUT2D eigenvalue weighted by atomic mass is 32.2. The number of halogens is 1. The summed E-state index contributed by atoms with van der Waals surface area (Å²) >= 11 is 0. The molecule has 0 unspecified atom stereocenters. The minimum absolute atomic E-state index is 0.178. The Morgan fingerprint density at radius 3 is 2.50 bits per heavy atom. The maximum Gasteiger partial charge on any atom is 0.178 e. The van der Waals surface area contributed by atoms with Gasteiger partial charge in [-0.2, -0.15) is 0 Å². The molecule has 0 atom stereocenters. The first kappa shape index (κ1) is 14.7. The van der Waals surface area contributed by atoms with Gasteiger partial charge in [-0.1, -0.05) is 0 Å². The van der Waals surface area contributed by atoms with Gasteiger partial charge in [-0.15, -0.1) is 0 Å². The summed E-state index contributed by atoms with van der Waals surface area (Å²) in [5.41, 5.74) is 0. The van der Waals surface area contributed by atoms with E-state index in [0.717, 1.165) is 18.4 Å². The number of likely N-dealkylation sites (N-methyl/N-ethyl adjacent to an activating group) is 1. The number of methoxy groups -OCH3 is 1. The van der Waals surface area contributed by atoms with Crippen LogP contribution in [0.25, 0.3) is 0 Å². The summed E-state index contributed by atoms with van der Waals surface area (Å²) in [6.45, 7) is 0.906. The number of hydrogen-bond donors (Lipinski definition) is 1. The van der Waals surface area contributed by atoms with Crippen molar-refractivity contribution in [1.29, 1.82) is 0 Å². The average Bonchev–Trinajstić information content (AvgIpc) is 2.28. The zero-order chi connectivity index (χ0) is 13.8. The fourth-order valence-electron chi connectivity index (χ4n) is 1.34. The molecule has 0 bridgehead atoms. The number of benzene rings is 1. The van der Waals surface area contributed by atoms with Gasteiger partial charge in [-0.05, 0) is 7.05 Å². The second kappa shape index (κ2) is 6.01. The summed E-state index contributed by atoms with van der Waals surface area (Å²) in [6, 6.07) is 2.14. The summed E-state index contributed by atoms with van der Waals surface area (Å²) in [4.78, 5) is -0.402. The quantitative estimate of drug-likeness (QED) is 0.780. The summed E-state index contributed by atoms with van der Waals surface area (Å²) in [5, 5.41) is 2.87. The monoisotopic (exact) mass is 277 g/mol. The van der Waals surface area contributed by atoms with Crippen molar-refractivity contribution in [3.63, 3.8) is 0 Å². The van der Waals surface area contributed by atoms with E-state index in [4.69, 9.17) is 9.47 Å². The number of sulfone groups is 1. The number of ether oxygens (including phenoxy) is 2. The van der Waals surface area contributed by atoms with Gasteiger partial charge in [0.15, 0.2) is 21.3 Å². The first-order valence-corrected chi connectivity index (χ1v) is 7.14. The van der Waals surface area contributed by atoms with Crippen LogP contribution in [0.1, 0.15) is 0 Å². The number of rotatable bonds is 6. The zero-order valence-electron chi connectivity index (χ0n) is 10.5. The maximum atomic E-state index is 13.6. The number of nitrogens with one attached hydrogen (secondary N) is 1. The van der Waals surface area contributed by atoms with E-state index in [0.29, 0.717) is 13.2 Å². The van der Waals surface area contributed by atoms with Crippen molar-refractivity contribution < 1.29 is 22.3 Å². The van der Waals surface area contributed by atoms with E-state index in [1.807, 2.05) is 0 Å². The van der Waals surface area contributed by atoms with Crippen molar-refractivity contribution in [1.82, 2.24) is 5.32 Å². The minimum Gasteiger partial charge on any atom is -0.493 e. The summed E-state index contributed by atoms with van der Waals surface area (Å²) < 4.78 is 46.6. The van der Waals surface area contributed by atoms with Gasteiger partial charge in [0.1, 0.15) is 17.3 Å². The molecule has 0 spiro atoms. The standard InChI is InChI=1S/C11H16FNO4S/c1-13-4-5-17-10-6-8(12)11(18(3,14)15)7-9(10)16-2/h6-7,13H,4-5H2,1-3H3. The SMILES string of the molecule is CNCCOc1cc(F)c(S(C)(=O)=O)cc1OC. The third-order valence-corrected chi connectivity index (χ3v) is 3.34. The van der Waals surface area contributed by atoms with E-state index in [-0.39, 0.29) is 11.5 Å². The topological polar surface area (TPSA) is 64.6 Å². The molecule has 0 aliphatic carbocycles. The molecule has 0 aromatic heterocycles. The van der Waals surface area contributed by atoms with Crippen LogP contribution in [0.5, 0.6) is 11.5 Å². The second-order valence-electron chi connectivity index (χ2n) is 3.66. The van der Waals surface area contributed by atoms with Crippen LogP contribution in [0.3, 0.4) is 0 Å². The largest absolute Gasteiger partial charge is 0.493 e. The van der Waals surface area contributed by atoms with Gasteiger partial charge in [0.25, 0.3) is 0 Å². The van der Waals surface area contributed by atoms with Crippen molar-refractivity contribution in [3.8, 4) is 11.5 Å². The minimum atomic E-state index is -3.63. The van der Waals surface area contributed by atoms with Crippen LogP contribution in [0, 0.1) is 5.82 Å². The lowest BCUT2D eigenvalue weighted by Gasteiger charge is -2.12. The lowest BCUT2D eigenvalue weighted by molar-refractivity contribution is 0.292. The molecule has 0 saturated heterocycles. The van der Waals surface area contributed by atoms with E-state index < -0.39 is 20.5 Å². The predicted molar refractivity (Wildman–Crippen MR) is 65.5 cm³/mol. The Kier molecular flexibility index (Phi) is 4.92. The molecule has 18 heavy (non-hydrogen) atoms. The molecule has 1 N–H and O–H groups in total. The highest BCUT2D eigenvalue weighted by molar-refractivity contribution is 7.90. The first-order valence-electron chi connectivity index (χ1n) is 5.25. The predicted octanol–water partition coefficient (Wildman–Crippen LogP) is 0.836. The van der Waals surface area contributed by atoms with Gasteiger partial charge in [-0.3, -0.25) is 0 Å². The molecular formula is C11H16FNO4S. The Morgan fingerprint density at radius 1 is 1.33 bits per heavy atom. The first-order chi connectivity index (χ1) is 8.40. The summed E-state index contributed by atoms with van der Waals surface area (Å²) in [5.74, 6) is -0.483. The molecule has 1 aromatic carbocycles. The van der Waals surface area contributed by atoms with Crippen LogP contribution < -0.4 is 14.8 Å². The van der Waals surface area contributed by atoms with Crippen molar-refractivity contribution in [2.24, 2.45) is 0 Å². The average molecular weight is 277 g/mol. The van der Waals surface area contributed by atoms with E-state index in [2.05, 4.69) is 5.32 Å². The molecule has 0 heterocycles. The summed E-state index contributed by atoms with van der Waals surface area (Å²) in [7, 11) is -0.508. The molecule has 5 nitrogen and oxygen atoms in total. The van der Waals surface area contributed by atoms with Gasteiger partial charge in [0.05, 0.1) is 7.11 Å². The van der Waals surface area contributed by atoms with Gasteiger partial charge in [0.2, 0.25) is 0 Å². The molecule has 7 heteroatoms. The van der Waals surface area contributed by atoms with Gasteiger partial charge >= 0.3 is 0 Å². The fraction of sp³-hybridized carbons (Fsp3) is 0.455. The smallest absolute Gasteiger partial charge is 0.178 e. The molecule has 1 rings (SSSR count). The van der Waals surface area contributed by atoms with Crippen LogP contribution in [-0.4, -0.2) is 42.0 Å². The van der Waals surface area contributed by atoms with Crippen molar-refractivity contribution in [2.45, 2.75) is 4.90 Å². The maximum absolute atomic E-state index is 13.6. The molecule has 0 radical (unpaired) electrons. The van der Waals surface area contributed by atoms with Crippen LogP contribution >= 0.6 is 0 Å². The lowest BCUT2D eigenvalue weighted by atomic mass is 10.3. The fourth-order valence-corrected chi connectivity index (χ4v) is 2.07. The Bertz CT molecular complexity index is 516. The van der Waals surface area contributed by atoms with Gasteiger partial charge in [-0.25, -0.2) is 12.8 Å². The molecule has 0 fully saturated rings. The molecule has 0 saturated carbocycles. The Labute approximate surface area is 106 Å². The molecule has 0 aliphatic rings. The molecular weight excluding hydrogens is 261 g/mol. The highest BCUT2D eigenvalue weighted by Gasteiger charge is 2.18. The Morgan fingerprint density at radius 2 is 2.00 bits per heavy atom. The molecule has 1 aromatic rings. The second-order valence-corrected chi connectivity index (χ2v) is 5.64. The van der Waals surface area contributed by atoms with Crippen LogP contribution in [-0.2, 0) is 9.84 Å². The number of hydrogen-bond acceptors (Lipinski definition) is 5. The van der Waals surface area contributed by atoms with Gasteiger partial charge in [0, 0.05) is 24.9 Å². The van der Waals surface area contributed by atoms with E-state index in [1.165, 1.54) is 7.11 Å². The van der Waals surface area contributed by atoms with E-state index >= 15 is 0 Å². The molecule has 102 valence electrons. The van der Waals surface area contributed by atoms with E-state index in [9.17, 15) is 12.8 Å². The molecule has 0 aliphatic heterocycles. The third-order valence-electron chi connectivity index (χ3n) is 2.23. The molecule has 0 amide bonds. The Balaban J connectivity index is 3.11. The van der Waals surface area contributed by atoms with Crippen LogP contribution in [0.2, 0.25) is 0 Å². The normalized spacial score (nSPS) is 11.3. The van der Waals surface area contributed by atoms with Crippen molar-refractivity contribution in [2.75, 3.05) is 33.6 Å². The van der Waals surface area contributed by atoms with E-state index in [1.54, 1.807) is 7.05 Å². The van der Waals surface area contributed by atoms with Crippen molar-refractivity contribution >= 4 is 9.84 Å². The van der Waals surface area contributed by atoms with Gasteiger partial charge < -0.3 is 14.8 Å².